The molecule has 2 aliphatic carbocycles. The van der Waals surface area contributed by atoms with E-state index in [1.807, 2.05) is 6.07 Å². The fraction of sp³-hybridized carbons (Fsp3) is 0.533. The Bertz CT molecular complexity index is 500. The number of rotatable bonds is 6. The van der Waals surface area contributed by atoms with Crippen LogP contribution in [0.5, 0.6) is 0 Å². The normalized spacial score (nSPS) is 20.2. The SMILES string of the molecule is O=C(c1ccccc1)P(=O)(OC1CCC1)OC1CCC1. The summed E-state index contributed by atoms with van der Waals surface area (Å²) in [6, 6.07) is 8.64. The lowest BCUT2D eigenvalue weighted by Crippen LogP contribution is -2.27. The van der Waals surface area contributed by atoms with Crippen LogP contribution in [-0.4, -0.2) is 17.7 Å². The van der Waals surface area contributed by atoms with Crippen LogP contribution in [0.3, 0.4) is 0 Å². The first-order valence-electron chi connectivity index (χ1n) is 7.24. The molecular weight excluding hydrogens is 275 g/mol. The summed E-state index contributed by atoms with van der Waals surface area (Å²) in [7, 11) is -3.71. The summed E-state index contributed by atoms with van der Waals surface area (Å²) < 4.78 is 24.1. The maximum absolute atomic E-state index is 12.9. The van der Waals surface area contributed by atoms with E-state index in [1.54, 1.807) is 24.3 Å². The number of benzene rings is 1. The van der Waals surface area contributed by atoms with Crippen molar-refractivity contribution in [3.8, 4) is 0 Å². The van der Waals surface area contributed by atoms with Crippen LogP contribution in [0, 0.1) is 0 Å². The van der Waals surface area contributed by atoms with Crippen molar-refractivity contribution in [2.75, 3.05) is 0 Å². The molecule has 0 spiro atoms. The van der Waals surface area contributed by atoms with E-state index in [4.69, 9.17) is 9.05 Å². The lowest BCUT2D eigenvalue weighted by Gasteiger charge is -2.33. The minimum atomic E-state index is -3.71. The first kappa shape index (κ1) is 14.0. The smallest absolute Gasteiger partial charge is 0.300 e. The van der Waals surface area contributed by atoms with Crippen molar-refractivity contribution < 1.29 is 18.4 Å². The second-order valence-electron chi connectivity index (χ2n) is 5.49. The number of carbonyl (C=O) groups is 1. The molecule has 0 radical (unpaired) electrons. The minimum absolute atomic E-state index is 0.0893. The summed E-state index contributed by atoms with van der Waals surface area (Å²) in [5.74, 6) is 0. The molecule has 0 amide bonds. The van der Waals surface area contributed by atoms with Crippen LogP contribution in [0.2, 0.25) is 0 Å². The second kappa shape index (κ2) is 5.80. The van der Waals surface area contributed by atoms with Crippen molar-refractivity contribution >= 4 is 13.1 Å². The zero-order valence-electron chi connectivity index (χ0n) is 11.4. The van der Waals surface area contributed by atoms with Crippen molar-refractivity contribution in [3.05, 3.63) is 35.9 Å². The third-order valence-electron chi connectivity index (χ3n) is 3.95. The quantitative estimate of drug-likeness (QED) is 0.739. The monoisotopic (exact) mass is 294 g/mol. The highest BCUT2D eigenvalue weighted by molar-refractivity contribution is 7.72. The van der Waals surface area contributed by atoms with Gasteiger partial charge in [0, 0.05) is 5.56 Å². The zero-order chi connectivity index (χ0) is 14.0. The molecule has 20 heavy (non-hydrogen) atoms. The van der Waals surface area contributed by atoms with Crippen LogP contribution in [0.1, 0.15) is 48.9 Å². The van der Waals surface area contributed by atoms with Crippen molar-refractivity contribution in [1.29, 1.82) is 0 Å². The Morgan fingerprint density at radius 3 is 1.85 bits per heavy atom. The van der Waals surface area contributed by atoms with Gasteiger partial charge in [-0.15, -0.1) is 0 Å². The highest BCUT2D eigenvalue weighted by atomic mass is 31.2. The Morgan fingerprint density at radius 1 is 0.950 bits per heavy atom. The van der Waals surface area contributed by atoms with Gasteiger partial charge in [0.25, 0.3) is 5.52 Å². The van der Waals surface area contributed by atoms with E-state index in [1.165, 1.54) is 0 Å². The van der Waals surface area contributed by atoms with Gasteiger partial charge in [0.15, 0.2) is 0 Å². The molecule has 0 N–H and O–H groups in total. The van der Waals surface area contributed by atoms with Crippen molar-refractivity contribution in [2.45, 2.75) is 50.7 Å². The topological polar surface area (TPSA) is 52.6 Å². The molecule has 0 bridgehead atoms. The third kappa shape index (κ3) is 2.88. The molecule has 2 fully saturated rings. The molecule has 0 saturated heterocycles. The molecule has 0 aliphatic heterocycles. The van der Waals surface area contributed by atoms with Gasteiger partial charge in [0.2, 0.25) is 0 Å². The van der Waals surface area contributed by atoms with Crippen molar-refractivity contribution in [2.24, 2.45) is 0 Å². The van der Waals surface area contributed by atoms with Gasteiger partial charge in [-0.05, 0) is 38.5 Å². The molecule has 0 heterocycles. The Kier molecular flexibility index (Phi) is 4.06. The van der Waals surface area contributed by atoms with E-state index in [0.29, 0.717) is 5.56 Å². The Morgan fingerprint density at radius 2 is 1.45 bits per heavy atom. The molecule has 1 aromatic rings. The van der Waals surface area contributed by atoms with Crippen LogP contribution in [0.25, 0.3) is 0 Å². The largest absolute Gasteiger partial charge is 0.402 e. The van der Waals surface area contributed by atoms with Gasteiger partial charge in [-0.2, -0.15) is 0 Å². The second-order valence-corrected chi connectivity index (χ2v) is 7.31. The summed E-state index contributed by atoms with van der Waals surface area (Å²) in [5, 5.41) is 0. The fourth-order valence-electron chi connectivity index (χ4n) is 2.20. The average Bonchev–Trinajstić information content (AvgIpc) is 2.39. The summed E-state index contributed by atoms with van der Waals surface area (Å²) in [6.07, 6.45) is 5.39. The highest BCUT2D eigenvalue weighted by Crippen LogP contribution is 2.56. The average molecular weight is 294 g/mol. The zero-order valence-corrected chi connectivity index (χ0v) is 12.3. The Hall–Kier alpha value is -0.960. The van der Waals surface area contributed by atoms with E-state index in [9.17, 15) is 9.36 Å². The molecule has 5 heteroatoms. The molecule has 2 aliphatic rings. The third-order valence-corrected chi connectivity index (χ3v) is 5.86. The van der Waals surface area contributed by atoms with Crippen LogP contribution < -0.4 is 0 Å². The Labute approximate surface area is 119 Å². The summed E-state index contributed by atoms with van der Waals surface area (Å²) in [5.41, 5.74) is -0.105. The van der Waals surface area contributed by atoms with Gasteiger partial charge in [0.05, 0.1) is 12.2 Å². The van der Waals surface area contributed by atoms with E-state index in [2.05, 4.69) is 0 Å². The molecule has 3 rings (SSSR count). The summed E-state index contributed by atoms with van der Waals surface area (Å²) in [4.78, 5) is 12.5. The minimum Gasteiger partial charge on any atom is -0.300 e. The van der Waals surface area contributed by atoms with E-state index in [-0.39, 0.29) is 12.2 Å². The highest BCUT2D eigenvalue weighted by Gasteiger charge is 2.42. The van der Waals surface area contributed by atoms with Crippen LogP contribution in [-0.2, 0) is 13.6 Å². The van der Waals surface area contributed by atoms with Gasteiger partial charge in [-0.1, -0.05) is 30.3 Å². The number of carbonyl (C=O) groups excluding carboxylic acids is 1. The lowest BCUT2D eigenvalue weighted by atomic mass is 9.97. The maximum atomic E-state index is 12.9. The standard InChI is InChI=1S/C15H19O4P/c16-15(12-6-2-1-3-7-12)20(17,18-13-8-4-9-13)19-14-10-5-11-14/h1-3,6-7,13-14H,4-5,8-11H2. The number of hydrogen-bond donors (Lipinski definition) is 0. The van der Waals surface area contributed by atoms with Crippen LogP contribution >= 0.6 is 7.60 Å². The van der Waals surface area contributed by atoms with Crippen molar-refractivity contribution in [1.82, 2.24) is 0 Å². The van der Waals surface area contributed by atoms with Gasteiger partial charge in [-0.25, -0.2) is 0 Å². The molecule has 0 atom stereocenters. The molecule has 2 saturated carbocycles. The molecule has 1 aromatic carbocycles. The van der Waals surface area contributed by atoms with Gasteiger partial charge < -0.3 is 0 Å². The van der Waals surface area contributed by atoms with Crippen LogP contribution in [0.15, 0.2) is 30.3 Å². The predicted octanol–water partition coefficient (Wildman–Crippen LogP) is 4.16. The lowest BCUT2D eigenvalue weighted by molar-refractivity contribution is 0.0453. The van der Waals surface area contributed by atoms with Crippen LogP contribution in [0.4, 0.5) is 0 Å². The fourth-order valence-corrected chi connectivity index (χ4v) is 4.12. The van der Waals surface area contributed by atoms with E-state index in [0.717, 1.165) is 38.5 Å². The first-order valence-corrected chi connectivity index (χ1v) is 8.78. The Balaban J connectivity index is 1.79. The molecule has 4 nitrogen and oxygen atoms in total. The van der Waals surface area contributed by atoms with E-state index >= 15 is 0 Å². The maximum Gasteiger partial charge on any atom is 0.402 e. The van der Waals surface area contributed by atoms with Gasteiger partial charge in [-0.3, -0.25) is 18.4 Å². The number of hydrogen-bond acceptors (Lipinski definition) is 4. The predicted molar refractivity (Wildman–Crippen MR) is 75.8 cm³/mol. The van der Waals surface area contributed by atoms with Gasteiger partial charge in [0.1, 0.15) is 0 Å². The summed E-state index contributed by atoms with van der Waals surface area (Å²) >= 11 is 0. The molecular formula is C15H19O4P. The summed E-state index contributed by atoms with van der Waals surface area (Å²) in [6.45, 7) is 0. The first-order chi connectivity index (χ1) is 9.67. The molecule has 108 valence electrons. The van der Waals surface area contributed by atoms with Crippen molar-refractivity contribution in [3.63, 3.8) is 0 Å². The molecule has 0 aromatic heterocycles. The van der Waals surface area contributed by atoms with E-state index < -0.39 is 13.1 Å². The molecule has 0 unspecified atom stereocenters. The van der Waals surface area contributed by atoms with Gasteiger partial charge >= 0.3 is 7.60 Å².